The van der Waals surface area contributed by atoms with Gasteiger partial charge in [0.15, 0.2) is 0 Å². The zero-order valence-corrected chi connectivity index (χ0v) is 8.95. The van der Waals surface area contributed by atoms with Crippen LogP contribution in [0.25, 0.3) is 0 Å². The summed E-state index contributed by atoms with van der Waals surface area (Å²) in [7, 11) is 1.93. The van der Waals surface area contributed by atoms with Crippen LogP contribution in [0, 0.1) is 0 Å². The Balaban J connectivity index is 2.40. The summed E-state index contributed by atoms with van der Waals surface area (Å²) >= 11 is 0. The van der Waals surface area contributed by atoms with Gasteiger partial charge in [-0.1, -0.05) is 0 Å². The van der Waals surface area contributed by atoms with Gasteiger partial charge in [0, 0.05) is 25.8 Å². The first kappa shape index (κ1) is 9.31. The monoisotopic (exact) mass is 192 g/mol. The average Bonchev–Trinajstić information content (AvgIpc) is 2.48. The molecule has 0 aliphatic carbocycles. The highest BCUT2D eigenvalue weighted by Gasteiger charge is 2.27. The molecule has 0 atom stereocenters. The number of aryl methyl sites for hydroxylation is 1. The minimum atomic E-state index is 0.175. The first-order valence-electron chi connectivity index (χ1n) is 5.06. The quantitative estimate of drug-likeness (QED) is 0.661. The Morgan fingerprint density at radius 3 is 2.79 bits per heavy atom. The molecule has 14 heavy (non-hydrogen) atoms. The zero-order chi connectivity index (χ0) is 10.3. The van der Waals surface area contributed by atoms with Crippen molar-refractivity contribution in [2.45, 2.75) is 26.3 Å². The van der Waals surface area contributed by atoms with Crippen LogP contribution in [0.15, 0.2) is 12.3 Å². The van der Waals surface area contributed by atoms with Gasteiger partial charge in [-0.15, -0.1) is 0 Å². The van der Waals surface area contributed by atoms with Gasteiger partial charge in [0.05, 0.1) is 0 Å². The van der Waals surface area contributed by atoms with E-state index in [4.69, 9.17) is 0 Å². The molecule has 3 nitrogen and oxygen atoms in total. The highest BCUT2D eigenvalue weighted by Crippen LogP contribution is 2.20. The molecule has 0 radical (unpaired) electrons. The van der Waals surface area contributed by atoms with E-state index in [2.05, 4.69) is 13.8 Å². The second-order valence-electron chi connectivity index (χ2n) is 4.14. The molecule has 0 aromatic carbocycles. The summed E-state index contributed by atoms with van der Waals surface area (Å²) in [4.78, 5) is 14.0. The molecule has 0 N–H and O–H groups in total. The Morgan fingerprint density at radius 2 is 2.14 bits per heavy atom. The Kier molecular flexibility index (Phi) is 2.10. The Bertz CT molecular complexity index is 365. The first-order chi connectivity index (χ1) is 6.61. The van der Waals surface area contributed by atoms with Crippen LogP contribution in [-0.4, -0.2) is 28.0 Å². The molecule has 1 amide bonds. The lowest BCUT2D eigenvalue weighted by molar-refractivity contribution is 0.0678. The van der Waals surface area contributed by atoms with E-state index in [0.29, 0.717) is 6.04 Å². The molecule has 2 rings (SSSR count). The minimum Gasteiger partial charge on any atom is -0.346 e. The van der Waals surface area contributed by atoms with Gasteiger partial charge in [0.25, 0.3) is 5.91 Å². The molecule has 0 saturated heterocycles. The van der Waals surface area contributed by atoms with E-state index in [9.17, 15) is 4.79 Å². The number of amides is 1. The molecule has 76 valence electrons. The fourth-order valence-corrected chi connectivity index (χ4v) is 2.04. The van der Waals surface area contributed by atoms with Gasteiger partial charge < -0.3 is 9.47 Å². The van der Waals surface area contributed by atoms with E-state index >= 15 is 0 Å². The van der Waals surface area contributed by atoms with Crippen LogP contribution < -0.4 is 0 Å². The predicted octanol–water partition coefficient (Wildman–Crippen LogP) is 1.43. The van der Waals surface area contributed by atoms with Gasteiger partial charge in [-0.25, -0.2) is 0 Å². The molecule has 0 spiro atoms. The van der Waals surface area contributed by atoms with Gasteiger partial charge in [0.2, 0.25) is 0 Å². The van der Waals surface area contributed by atoms with Gasteiger partial charge in [0.1, 0.15) is 5.69 Å². The number of nitrogens with zero attached hydrogens (tertiary/aromatic N) is 2. The zero-order valence-electron chi connectivity index (χ0n) is 8.95. The topological polar surface area (TPSA) is 25.2 Å². The Labute approximate surface area is 84.3 Å². The third-order valence-corrected chi connectivity index (χ3v) is 2.87. The predicted molar refractivity (Wildman–Crippen MR) is 55.3 cm³/mol. The molecular weight excluding hydrogens is 176 g/mol. The van der Waals surface area contributed by atoms with E-state index in [0.717, 1.165) is 18.7 Å². The average molecular weight is 192 g/mol. The molecule has 1 aromatic heterocycles. The van der Waals surface area contributed by atoms with Crippen molar-refractivity contribution in [2.75, 3.05) is 6.54 Å². The van der Waals surface area contributed by atoms with Crippen LogP contribution in [0.4, 0.5) is 0 Å². The highest BCUT2D eigenvalue weighted by atomic mass is 16.2. The van der Waals surface area contributed by atoms with Crippen molar-refractivity contribution in [3.8, 4) is 0 Å². The maximum absolute atomic E-state index is 12.0. The maximum atomic E-state index is 12.0. The van der Waals surface area contributed by atoms with Crippen LogP contribution in [0.3, 0.4) is 0 Å². The van der Waals surface area contributed by atoms with Crippen LogP contribution in [0.2, 0.25) is 0 Å². The minimum absolute atomic E-state index is 0.175. The molecule has 3 heteroatoms. The lowest BCUT2D eigenvalue weighted by atomic mass is 10.1. The number of carbonyl (C=O) groups excluding carboxylic acids is 1. The van der Waals surface area contributed by atoms with Crippen molar-refractivity contribution >= 4 is 5.91 Å². The number of rotatable bonds is 1. The fourth-order valence-electron chi connectivity index (χ4n) is 2.04. The Hall–Kier alpha value is -1.25. The van der Waals surface area contributed by atoms with Gasteiger partial charge in [-0.2, -0.15) is 0 Å². The summed E-state index contributed by atoms with van der Waals surface area (Å²) in [6, 6.07) is 2.34. The lowest BCUT2D eigenvalue weighted by Crippen LogP contribution is -2.42. The van der Waals surface area contributed by atoms with Crippen LogP contribution >= 0.6 is 0 Å². The summed E-state index contributed by atoms with van der Waals surface area (Å²) < 4.78 is 1.92. The molecule has 1 aromatic rings. The third-order valence-electron chi connectivity index (χ3n) is 2.87. The van der Waals surface area contributed by atoms with E-state index < -0.39 is 0 Å². The number of aromatic nitrogens is 1. The first-order valence-corrected chi connectivity index (χ1v) is 5.06. The molecule has 1 aliphatic rings. The second-order valence-corrected chi connectivity index (χ2v) is 4.14. The highest BCUT2D eigenvalue weighted by molar-refractivity contribution is 5.95. The molecule has 0 unspecified atom stereocenters. The largest absolute Gasteiger partial charge is 0.346 e. The smallest absolute Gasteiger partial charge is 0.270 e. The van der Waals surface area contributed by atoms with Crippen molar-refractivity contribution in [1.82, 2.24) is 9.47 Å². The number of hydrogen-bond acceptors (Lipinski definition) is 1. The van der Waals surface area contributed by atoms with Crippen molar-refractivity contribution < 1.29 is 4.79 Å². The number of carbonyl (C=O) groups is 1. The number of hydrogen-bond donors (Lipinski definition) is 0. The normalized spacial score (nSPS) is 16.3. The van der Waals surface area contributed by atoms with Crippen LogP contribution in [0.5, 0.6) is 0 Å². The van der Waals surface area contributed by atoms with Gasteiger partial charge in [-0.05, 0) is 31.9 Å². The van der Waals surface area contributed by atoms with Gasteiger partial charge >= 0.3 is 0 Å². The summed E-state index contributed by atoms with van der Waals surface area (Å²) in [5.41, 5.74) is 2.05. The fraction of sp³-hybridized carbons (Fsp3) is 0.545. The molecule has 0 fully saturated rings. The summed E-state index contributed by atoms with van der Waals surface area (Å²) in [5.74, 6) is 0.175. The van der Waals surface area contributed by atoms with Crippen molar-refractivity contribution in [2.24, 2.45) is 7.05 Å². The van der Waals surface area contributed by atoms with Crippen molar-refractivity contribution in [3.05, 3.63) is 23.5 Å². The third kappa shape index (κ3) is 1.24. The lowest BCUT2D eigenvalue weighted by Gasteiger charge is -2.30. The van der Waals surface area contributed by atoms with Crippen LogP contribution in [0.1, 0.15) is 29.9 Å². The maximum Gasteiger partial charge on any atom is 0.270 e. The standard InChI is InChI=1S/C11H16N2O/c1-8(2)13-7-5-9-4-6-12(3)10(9)11(13)14/h4,6,8H,5,7H2,1-3H3. The molecule has 0 bridgehead atoms. The van der Waals surface area contributed by atoms with Crippen molar-refractivity contribution in [3.63, 3.8) is 0 Å². The number of fused-ring (bicyclic) bond motifs is 1. The molecular formula is C11H16N2O. The molecule has 0 saturated carbocycles. The summed E-state index contributed by atoms with van der Waals surface area (Å²) in [6.45, 7) is 4.98. The SMILES string of the molecule is CC(C)N1CCc2ccn(C)c2C1=O. The van der Waals surface area contributed by atoms with Gasteiger partial charge in [-0.3, -0.25) is 4.79 Å². The summed E-state index contributed by atoms with van der Waals surface area (Å²) in [5, 5.41) is 0. The second kappa shape index (κ2) is 3.15. The van der Waals surface area contributed by atoms with Crippen molar-refractivity contribution in [1.29, 1.82) is 0 Å². The van der Waals surface area contributed by atoms with E-state index in [-0.39, 0.29) is 5.91 Å². The van der Waals surface area contributed by atoms with E-state index in [1.54, 1.807) is 0 Å². The Morgan fingerprint density at radius 1 is 1.43 bits per heavy atom. The van der Waals surface area contributed by atoms with Crippen LogP contribution in [-0.2, 0) is 13.5 Å². The molecule has 1 aliphatic heterocycles. The van der Waals surface area contributed by atoms with E-state index in [1.165, 1.54) is 5.56 Å². The van der Waals surface area contributed by atoms with E-state index in [1.807, 2.05) is 28.8 Å². The molecule has 2 heterocycles. The summed E-state index contributed by atoms with van der Waals surface area (Å²) in [6.07, 6.45) is 2.95.